The van der Waals surface area contributed by atoms with Crippen LogP contribution in [0.3, 0.4) is 0 Å². The summed E-state index contributed by atoms with van der Waals surface area (Å²) < 4.78 is 24.9. The lowest BCUT2D eigenvalue weighted by Gasteiger charge is -2.10. The van der Waals surface area contributed by atoms with E-state index in [0.717, 1.165) is 5.56 Å². The average Bonchev–Trinajstić information content (AvgIpc) is 2.67. The second kappa shape index (κ2) is 5.60. The molecule has 0 fully saturated rings. The van der Waals surface area contributed by atoms with E-state index in [2.05, 4.69) is 4.72 Å². The van der Waals surface area contributed by atoms with Gasteiger partial charge in [0, 0.05) is 6.54 Å². The second-order valence-corrected chi connectivity index (χ2v) is 5.95. The summed E-state index contributed by atoms with van der Waals surface area (Å²) in [5.74, 6) is 0.101. The maximum atomic E-state index is 11.3. The fourth-order valence-corrected chi connectivity index (χ4v) is 2.93. The molecule has 0 aliphatic rings. The lowest BCUT2D eigenvalue weighted by atomic mass is 10.2. The van der Waals surface area contributed by atoms with Gasteiger partial charge in [-0.2, -0.15) is 11.3 Å². The van der Waals surface area contributed by atoms with E-state index >= 15 is 0 Å². The summed E-state index contributed by atoms with van der Waals surface area (Å²) in [4.78, 5) is 0. The molecule has 0 radical (unpaired) electrons. The summed E-state index contributed by atoms with van der Waals surface area (Å²) in [7, 11) is -3.22. The Labute approximate surface area is 94.0 Å². The van der Waals surface area contributed by atoms with Gasteiger partial charge in [-0.25, -0.2) is 13.1 Å². The van der Waals surface area contributed by atoms with Gasteiger partial charge in [0.05, 0.1) is 11.9 Å². The van der Waals surface area contributed by atoms with Crippen LogP contribution in [0.25, 0.3) is 0 Å². The third-order valence-electron chi connectivity index (χ3n) is 1.90. The quantitative estimate of drug-likeness (QED) is 0.793. The molecule has 86 valence electrons. The third-order valence-corrected chi connectivity index (χ3v) is 4.15. The summed E-state index contributed by atoms with van der Waals surface area (Å²) in [6.07, 6.45) is -0.188. The number of hydrogen-bond donors (Lipinski definition) is 2. The van der Waals surface area contributed by atoms with Crippen LogP contribution in [-0.4, -0.2) is 25.8 Å². The summed E-state index contributed by atoms with van der Waals surface area (Å²) >= 11 is 1.47. The summed E-state index contributed by atoms with van der Waals surface area (Å²) in [5, 5.41) is 13.3. The molecule has 0 amide bonds. The molecule has 4 nitrogen and oxygen atoms in total. The van der Waals surface area contributed by atoms with Gasteiger partial charge in [-0.1, -0.05) is 6.92 Å². The molecule has 1 aromatic heterocycles. The maximum absolute atomic E-state index is 11.3. The van der Waals surface area contributed by atoms with Crippen LogP contribution >= 0.6 is 11.3 Å². The summed E-state index contributed by atoms with van der Waals surface area (Å²) in [6, 6.07) is 1.78. The maximum Gasteiger partial charge on any atom is 0.211 e. The van der Waals surface area contributed by atoms with Crippen LogP contribution in [0.1, 0.15) is 25.0 Å². The van der Waals surface area contributed by atoms with Crippen LogP contribution in [0.5, 0.6) is 0 Å². The molecule has 0 aliphatic carbocycles. The van der Waals surface area contributed by atoms with Crippen molar-refractivity contribution in [1.82, 2.24) is 4.72 Å². The average molecular weight is 249 g/mol. The van der Waals surface area contributed by atoms with Crippen molar-refractivity contribution in [2.45, 2.75) is 19.4 Å². The van der Waals surface area contributed by atoms with Crippen LogP contribution in [-0.2, 0) is 10.0 Å². The minimum absolute atomic E-state index is 0.0407. The number of aliphatic hydroxyl groups excluding tert-OH is 1. The third kappa shape index (κ3) is 4.29. The minimum Gasteiger partial charge on any atom is -0.387 e. The van der Waals surface area contributed by atoms with E-state index in [-0.39, 0.29) is 12.3 Å². The molecule has 0 aliphatic heterocycles. The first-order valence-electron chi connectivity index (χ1n) is 4.72. The van der Waals surface area contributed by atoms with Gasteiger partial charge in [-0.15, -0.1) is 0 Å². The van der Waals surface area contributed by atoms with Crippen molar-refractivity contribution < 1.29 is 13.5 Å². The number of thiophene rings is 1. The topological polar surface area (TPSA) is 66.4 Å². The van der Waals surface area contributed by atoms with Crippen molar-refractivity contribution in [2.24, 2.45) is 0 Å². The van der Waals surface area contributed by atoms with E-state index in [4.69, 9.17) is 0 Å². The van der Waals surface area contributed by atoms with Crippen LogP contribution in [0.2, 0.25) is 0 Å². The normalized spacial score (nSPS) is 14.0. The Kier molecular flexibility index (Phi) is 4.72. The molecule has 1 unspecified atom stereocenters. The number of sulfonamides is 1. The van der Waals surface area contributed by atoms with Crippen LogP contribution < -0.4 is 4.72 Å². The Morgan fingerprint density at radius 2 is 2.33 bits per heavy atom. The van der Waals surface area contributed by atoms with E-state index in [1.165, 1.54) is 11.3 Å². The second-order valence-electron chi connectivity index (χ2n) is 3.24. The van der Waals surface area contributed by atoms with Crippen molar-refractivity contribution in [2.75, 3.05) is 12.3 Å². The Morgan fingerprint density at radius 1 is 1.60 bits per heavy atom. The summed E-state index contributed by atoms with van der Waals surface area (Å²) in [6.45, 7) is 1.84. The van der Waals surface area contributed by atoms with Gasteiger partial charge in [0.1, 0.15) is 0 Å². The number of rotatable bonds is 6. The number of hydrogen-bond acceptors (Lipinski definition) is 4. The SMILES string of the molecule is CCCS(=O)(=O)NCC(O)c1ccsc1. The van der Waals surface area contributed by atoms with Crippen molar-refractivity contribution in [3.63, 3.8) is 0 Å². The molecule has 1 rings (SSSR count). The predicted octanol–water partition coefficient (Wildman–Crippen LogP) is 1.11. The fourth-order valence-electron chi connectivity index (χ4n) is 1.13. The van der Waals surface area contributed by atoms with Crippen LogP contribution in [0.4, 0.5) is 0 Å². The summed E-state index contributed by atoms with van der Waals surface area (Å²) in [5.41, 5.74) is 0.749. The van der Waals surface area contributed by atoms with E-state index in [1.807, 2.05) is 5.38 Å². The van der Waals surface area contributed by atoms with Gasteiger partial charge < -0.3 is 5.11 Å². The van der Waals surface area contributed by atoms with Gasteiger partial charge in [0.15, 0.2) is 0 Å². The molecular formula is C9H15NO3S2. The van der Waals surface area contributed by atoms with Gasteiger partial charge in [-0.3, -0.25) is 0 Å². The first-order valence-corrected chi connectivity index (χ1v) is 7.32. The highest BCUT2D eigenvalue weighted by molar-refractivity contribution is 7.89. The molecule has 0 saturated heterocycles. The van der Waals surface area contributed by atoms with Crippen molar-refractivity contribution in [1.29, 1.82) is 0 Å². The lowest BCUT2D eigenvalue weighted by Crippen LogP contribution is -2.30. The van der Waals surface area contributed by atoms with Crippen molar-refractivity contribution >= 4 is 21.4 Å². The lowest BCUT2D eigenvalue weighted by molar-refractivity contribution is 0.182. The Balaban J connectivity index is 2.44. The number of aliphatic hydroxyl groups is 1. The van der Waals surface area contributed by atoms with Crippen LogP contribution in [0.15, 0.2) is 16.8 Å². The predicted molar refractivity (Wildman–Crippen MR) is 61.4 cm³/mol. The molecule has 1 aromatic rings. The smallest absolute Gasteiger partial charge is 0.211 e. The van der Waals surface area contributed by atoms with Crippen molar-refractivity contribution in [3.05, 3.63) is 22.4 Å². The van der Waals surface area contributed by atoms with E-state index < -0.39 is 16.1 Å². The van der Waals surface area contributed by atoms with Crippen molar-refractivity contribution in [3.8, 4) is 0 Å². The van der Waals surface area contributed by atoms with Gasteiger partial charge in [0.25, 0.3) is 0 Å². The highest BCUT2D eigenvalue weighted by Crippen LogP contribution is 2.15. The molecule has 1 heterocycles. The van der Waals surface area contributed by atoms with E-state index in [9.17, 15) is 13.5 Å². The number of nitrogens with one attached hydrogen (secondary N) is 1. The van der Waals surface area contributed by atoms with Gasteiger partial charge in [-0.05, 0) is 28.8 Å². The minimum atomic E-state index is -3.22. The zero-order valence-corrected chi connectivity index (χ0v) is 10.1. The zero-order chi connectivity index (χ0) is 11.3. The molecule has 0 bridgehead atoms. The Bertz CT molecular complexity index is 372. The molecule has 0 saturated carbocycles. The highest BCUT2D eigenvalue weighted by atomic mass is 32.2. The molecular weight excluding hydrogens is 234 g/mol. The first kappa shape index (κ1) is 12.6. The van der Waals surface area contributed by atoms with Crippen LogP contribution in [0, 0.1) is 0 Å². The molecule has 0 aromatic carbocycles. The highest BCUT2D eigenvalue weighted by Gasteiger charge is 2.13. The standard InChI is InChI=1S/C9H15NO3S2/c1-2-5-15(12,13)10-6-9(11)8-3-4-14-7-8/h3-4,7,9-11H,2,5-6H2,1H3. The Hall–Kier alpha value is -0.430. The molecule has 6 heteroatoms. The Morgan fingerprint density at radius 3 is 2.87 bits per heavy atom. The molecule has 2 N–H and O–H groups in total. The monoisotopic (exact) mass is 249 g/mol. The molecule has 15 heavy (non-hydrogen) atoms. The molecule has 1 atom stereocenters. The fraction of sp³-hybridized carbons (Fsp3) is 0.556. The largest absolute Gasteiger partial charge is 0.387 e. The zero-order valence-electron chi connectivity index (χ0n) is 8.51. The van der Waals surface area contributed by atoms with Gasteiger partial charge in [0.2, 0.25) is 10.0 Å². The first-order chi connectivity index (χ1) is 7.05. The van der Waals surface area contributed by atoms with E-state index in [1.54, 1.807) is 18.4 Å². The molecule has 0 spiro atoms. The van der Waals surface area contributed by atoms with Gasteiger partial charge >= 0.3 is 0 Å². The van der Waals surface area contributed by atoms with E-state index in [0.29, 0.717) is 6.42 Å².